The molecule has 0 atom stereocenters. The van der Waals surface area contributed by atoms with Gasteiger partial charge in [0.05, 0.1) is 0 Å². The van der Waals surface area contributed by atoms with Crippen LogP contribution in [0.5, 0.6) is 0 Å². The minimum Gasteiger partial charge on any atom is -0.0654 e. The van der Waals surface area contributed by atoms with E-state index in [0.29, 0.717) is 5.92 Å². The van der Waals surface area contributed by atoms with Crippen LogP contribution in [0.4, 0.5) is 0 Å². The number of hydrogen-bond acceptors (Lipinski definition) is 0. The molecule has 0 nitrogen and oxygen atoms in total. The van der Waals surface area contributed by atoms with Crippen molar-refractivity contribution in [1.82, 2.24) is 0 Å². The number of hydrogen-bond donors (Lipinski definition) is 0. The van der Waals surface area contributed by atoms with E-state index in [2.05, 4.69) is 93.6 Å². The summed E-state index contributed by atoms with van der Waals surface area (Å²) in [4.78, 5) is 0. The van der Waals surface area contributed by atoms with Gasteiger partial charge in [-0.3, -0.25) is 0 Å². The van der Waals surface area contributed by atoms with Crippen LogP contribution in [0.15, 0.2) is 72.8 Å². The monoisotopic (exact) mass is 506 g/mol. The van der Waals surface area contributed by atoms with Crippen molar-refractivity contribution in [3.05, 3.63) is 83.9 Å². The normalized spacial score (nSPS) is 24.0. The molecule has 0 amide bonds. The van der Waals surface area contributed by atoms with Gasteiger partial charge >= 0.3 is 0 Å². The third kappa shape index (κ3) is 6.80. The lowest BCUT2D eigenvalue weighted by Crippen LogP contribution is -2.25. The maximum Gasteiger partial charge on any atom is -0.0162 e. The fourth-order valence-electron chi connectivity index (χ4n) is 7.42. The summed E-state index contributed by atoms with van der Waals surface area (Å²) in [5.41, 5.74) is 8.20. The summed E-state index contributed by atoms with van der Waals surface area (Å²) in [7, 11) is 0. The van der Waals surface area contributed by atoms with Crippen molar-refractivity contribution in [3.8, 4) is 22.3 Å². The molecule has 2 fully saturated rings. The second-order valence-electron chi connectivity index (χ2n) is 12.9. The number of rotatable bonds is 9. The van der Waals surface area contributed by atoms with E-state index in [4.69, 9.17) is 0 Å². The van der Waals surface area contributed by atoms with Gasteiger partial charge in [-0.2, -0.15) is 0 Å². The molecule has 2 aliphatic rings. The minimum absolute atomic E-state index is 0.578. The van der Waals surface area contributed by atoms with Crippen molar-refractivity contribution in [2.45, 2.75) is 110 Å². The predicted molar refractivity (Wildman–Crippen MR) is 166 cm³/mol. The standard InChI is InChI=1S/C38H50/c1-4-5-6-7-29-8-10-31(11-9-29)33-16-18-35(19-17-33)37-24-26-38(27-25-37)36-22-20-34(21-23-36)32-14-12-30(13-15-32)28(2)3/h12-15,20-29,31,33,35H,4-11,16-19H2,1-3H3. The van der Waals surface area contributed by atoms with E-state index in [0.717, 1.165) is 23.7 Å². The van der Waals surface area contributed by atoms with Gasteiger partial charge < -0.3 is 0 Å². The van der Waals surface area contributed by atoms with Gasteiger partial charge in [0.25, 0.3) is 0 Å². The zero-order chi connectivity index (χ0) is 26.3. The van der Waals surface area contributed by atoms with Gasteiger partial charge in [-0.15, -0.1) is 0 Å². The van der Waals surface area contributed by atoms with E-state index in [1.54, 1.807) is 5.56 Å². The molecule has 0 unspecified atom stereocenters. The van der Waals surface area contributed by atoms with Crippen molar-refractivity contribution in [3.63, 3.8) is 0 Å². The van der Waals surface area contributed by atoms with Crippen LogP contribution >= 0.6 is 0 Å². The van der Waals surface area contributed by atoms with Gasteiger partial charge in [0.1, 0.15) is 0 Å². The third-order valence-corrected chi connectivity index (χ3v) is 10.1. The van der Waals surface area contributed by atoms with Gasteiger partial charge in [0.2, 0.25) is 0 Å². The molecule has 0 heterocycles. The molecule has 0 aromatic heterocycles. The molecule has 0 heteroatoms. The summed E-state index contributed by atoms with van der Waals surface area (Å²) in [5.74, 6) is 4.41. The second-order valence-corrected chi connectivity index (χ2v) is 12.9. The van der Waals surface area contributed by atoms with E-state index in [9.17, 15) is 0 Å². The molecule has 3 aromatic carbocycles. The van der Waals surface area contributed by atoms with Crippen LogP contribution in [-0.2, 0) is 0 Å². The van der Waals surface area contributed by atoms with Crippen molar-refractivity contribution in [1.29, 1.82) is 0 Å². The Balaban J connectivity index is 1.11. The highest BCUT2D eigenvalue weighted by molar-refractivity contribution is 5.70. The first-order chi connectivity index (χ1) is 18.6. The highest BCUT2D eigenvalue weighted by Gasteiger charge is 2.31. The van der Waals surface area contributed by atoms with Crippen LogP contribution in [0, 0.1) is 17.8 Å². The summed E-state index contributed by atoms with van der Waals surface area (Å²) in [6, 6.07) is 27.7. The second kappa shape index (κ2) is 13.1. The van der Waals surface area contributed by atoms with Crippen molar-refractivity contribution in [2.24, 2.45) is 17.8 Å². The summed E-state index contributed by atoms with van der Waals surface area (Å²) in [5, 5.41) is 0. The third-order valence-electron chi connectivity index (χ3n) is 10.1. The number of benzene rings is 3. The van der Waals surface area contributed by atoms with Gasteiger partial charge in [-0.1, -0.05) is 132 Å². The largest absolute Gasteiger partial charge is 0.0654 e. The predicted octanol–water partition coefficient (Wildman–Crippen LogP) is 11.8. The molecular weight excluding hydrogens is 456 g/mol. The lowest BCUT2D eigenvalue weighted by molar-refractivity contribution is 0.155. The Hall–Kier alpha value is -2.34. The van der Waals surface area contributed by atoms with E-state index in [1.165, 1.54) is 105 Å². The average molecular weight is 507 g/mol. The van der Waals surface area contributed by atoms with Crippen LogP contribution in [0.1, 0.15) is 121 Å². The molecular formula is C38H50. The Morgan fingerprint density at radius 1 is 0.553 bits per heavy atom. The molecule has 0 N–H and O–H groups in total. The summed E-state index contributed by atoms with van der Waals surface area (Å²) in [6.45, 7) is 6.83. The van der Waals surface area contributed by atoms with Crippen LogP contribution in [0.3, 0.4) is 0 Å². The molecule has 3 aromatic rings. The first-order valence-corrected chi connectivity index (χ1v) is 15.9. The highest BCUT2D eigenvalue weighted by Crippen LogP contribution is 2.44. The Morgan fingerprint density at radius 3 is 1.47 bits per heavy atom. The molecule has 202 valence electrons. The minimum atomic E-state index is 0.578. The highest BCUT2D eigenvalue weighted by atomic mass is 14.4. The fourth-order valence-corrected chi connectivity index (χ4v) is 7.42. The maximum atomic E-state index is 2.42. The number of unbranched alkanes of at least 4 members (excludes halogenated alkanes) is 2. The van der Waals surface area contributed by atoms with Crippen molar-refractivity contribution in [2.75, 3.05) is 0 Å². The fraction of sp³-hybridized carbons (Fsp3) is 0.526. The molecule has 2 saturated carbocycles. The summed E-state index contributed by atoms with van der Waals surface area (Å²) < 4.78 is 0. The lowest BCUT2D eigenvalue weighted by Gasteiger charge is -2.38. The molecule has 0 spiro atoms. The van der Waals surface area contributed by atoms with E-state index >= 15 is 0 Å². The van der Waals surface area contributed by atoms with Gasteiger partial charge in [0.15, 0.2) is 0 Å². The van der Waals surface area contributed by atoms with Gasteiger partial charge in [-0.05, 0) is 101 Å². The molecule has 0 saturated heterocycles. The molecule has 2 aliphatic carbocycles. The van der Waals surface area contributed by atoms with Crippen LogP contribution in [-0.4, -0.2) is 0 Å². The van der Waals surface area contributed by atoms with Gasteiger partial charge in [-0.25, -0.2) is 0 Å². The zero-order valence-electron chi connectivity index (χ0n) is 24.3. The smallest absolute Gasteiger partial charge is 0.0162 e. The Bertz CT molecular complexity index is 1090. The van der Waals surface area contributed by atoms with Crippen molar-refractivity contribution < 1.29 is 0 Å². The van der Waals surface area contributed by atoms with E-state index in [1.807, 2.05) is 0 Å². The Kier molecular flexibility index (Phi) is 9.42. The summed E-state index contributed by atoms with van der Waals surface area (Å²) >= 11 is 0. The zero-order valence-corrected chi connectivity index (χ0v) is 24.3. The SMILES string of the molecule is CCCCCC1CCC(C2CCC(c3ccc(-c4ccc(-c5ccc(C(C)C)cc5)cc4)cc3)CC2)CC1. The quantitative estimate of drug-likeness (QED) is 0.253. The molecule has 0 bridgehead atoms. The first kappa shape index (κ1) is 27.2. The molecule has 0 aliphatic heterocycles. The van der Waals surface area contributed by atoms with Gasteiger partial charge in [0, 0.05) is 0 Å². The molecule has 0 radical (unpaired) electrons. The van der Waals surface area contributed by atoms with E-state index in [-0.39, 0.29) is 0 Å². The topological polar surface area (TPSA) is 0 Å². The average Bonchev–Trinajstić information content (AvgIpc) is 2.98. The first-order valence-electron chi connectivity index (χ1n) is 15.9. The lowest BCUT2D eigenvalue weighted by atomic mass is 9.68. The van der Waals surface area contributed by atoms with E-state index < -0.39 is 0 Å². The molecule has 38 heavy (non-hydrogen) atoms. The molecule has 5 rings (SSSR count). The van der Waals surface area contributed by atoms with Crippen LogP contribution in [0.25, 0.3) is 22.3 Å². The summed E-state index contributed by atoms with van der Waals surface area (Å²) in [6.07, 6.45) is 17.5. The Labute approximate surface area is 233 Å². The Morgan fingerprint density at radius 2 is 1.00 bits per heavy atom. The maximum absolute atomic E-state index is 2.42. The van der Waals surface area contributed by atoms with Crippen LogP contribution < -0.4 is 0 Å². The van der Waals surface area contributed by atoms with Crippen LogP contribution in [0.2, 0.25) is 0 Å². The van der Waals surface area contributed by atoms with Crippen molar-refractivity contribution >= 4 is 0 Å².